The van der Waals surface area contributed by atoms with Gasteiger partial charge in [0, 0.05) is 6.04 Å². The number of aliphatic carboxylic acids is 1. The van der Waals surface area contributed by atoms with Gasteiger partial charge in [-0.25, -0.2) is 0 Å². The second-order valence-electron chi connectivity index (χ2n) is 2.52. The van der Waals surface area contributed by atoms with Gasteiger partial charge in [0.2, 0.25) is 0 Å². The van der Waals surface area contributed by atoms with E-state index in [2.05, 4.69) is 0 Å². The summed E-state index contributed by atoms with van der Waals surface area (Å²) in [6.07, 6.45) is 4.11. The van der Waals surface area contributed by atoms with Gasteiger partial charge in [-0.15, -0.1) is 0 Å². The van der Waals surface area contributed by atoms with Crippen molar-refractivity contribution in [3.05, 3.63) is 11.6 Å². The maximum Gasteiger partial charge on any atom is 0.305 e. The van der Waals surface area contributed by atoms with E-state index in [1.165, 1.54) is 0 Å². The Kier molecular flexibility index (Phi) is 2.06. The van der Waals surface area contributed by atoms with Crippen LogP contribution in [0.25, 0.3) is 0 Å². The fraction of sp³-hybridized carbons (Fsp3) is 0.571. The zero-order valence-corrected chi connectivity index (χ0v) is 5.71. The lowest BCUT2D eigenvalue weighted by atomic mass is 9.91. The smallest absolute Gasteiger partial charge is 0.305 e. The van der Waals surface area contributed by atoms with Crippen LogP contribution in [-0.2, 0) is 4.79 Å². The zero-order chi connectivity index (χ0) is 7.56. The molecule has 3 nitrogen and oxygen atoms in total. The van der Waals surface area contributed by atoms with Crippen LogP contribution in [0.15, 0.2) is 11.6 Å². The van der Waals surface area contributed by atoms with Crippen LogP contribution >= 0.6 is 0 Å². The van der Waals surface area contributed by atoms with Crippen LogP contribution in [0, 0.1) is 0 Å². The third-order valence-corrected chi connectivity index (χ3v) is 1.71. The molecule has 0 fully saturated rings. The van der Waals surface area contributed by atoms with E-state index in [-0.39, 0.29) is 12.5 Å². The summed E-state index contributed by atoms with van der Waals surface area (Å²) < 4.78 is 0. The van der Waals surface area contributed by atoms with Crippen molar-refractivity contribution in [2.24, 2.45) is 5.73 Å². The third-order valence-electron chi connectivity index (χ3n) is 1.71. The molecule has 0 saturated heterocycles. The molecule has 0 aromatic heterocycles. The summed E-state index contributed by atoms with van der Waals surface area (Å²) in [5.74, 6) is -0.819. The maximum atomic E-state index is 10.1. The molecule has 0 saturated carbocycles. The summed E-state index contributed by atoms with van der Waals surface area (Å²) in [6.45, 7) is 0. The largest absolute Gasteiger partial charge is 0.481 e. The number of carboxylic acid groups (broad SMARTS) is 1. The lowest BCUT2D eigenvalue weighted by Crippen LogP contribution is -2.28. The molecule has 1 unspecified atom stereocenters. The van der Waals surface area contributed by atoms with Crippen molar-refractivity contribution in [1.29, 1.82) is 0 Å². The first-order chi connectivity index (χ1) is 4.70. The molecule has 0 aromatic rings. The van der Waals surface area contributed by atoms with Crippen LogP contribution < -0.4 is 5.73 Å². The molecule has 1 aliphatic rings. The molecule has 0 aliphatic heterocycles. The van der Waals surface area contributed by atoms with Crippen molar-refractivity contribution in [2.45, 2.75) is 25.3 Å². The Labute approximate surface area is 59.5 Å². The van der Waals surface area contributed by atoms with Crippen LogP contribution in [0.5, 0.6) is 0 Å². The van der Waals surface area contributed by atoms with Gasteiger partial charge in [0.15, 0.2) is 0 Å². The Morgan fingerprint density at radius 3 is 2.80 bits per heavy atom. The summed E-state index contributed by atoms with van der Waals surface area (Å²) in [4.78, 5) is 10.1. The molecule has 1 atom stereocenters. The van der Waals surface area contributed by atoms with Gasteiger partial charge < -0.3 is 10.8 Å². The monoisotopic (exact) mass is 141 g/mol. The van der Waals surface area contributed by atoms with E-state index >= 15 is 0 Å². The van der Waals surface area contributed by atoms with Gasteiger partial charge in [0.05, 0.1) is 6.42 Å². The number of allylic oxidation sites excluding steroid dienone is 1. The molecule has 1 rings (SSSR count). The van der Waals surface area contributed by atoms with Gasteiger partial charge in [-0.05, 0) is 12.8 Å². The van der Waals surface area contributed by atoms with Crippen molar-refractivity contribution in [3.63, 3.8) is 0 Å². The predicted octanol–water partition coefficient (Wildman–Crippen LogP) is 0.509. The number of carboxylic acids is 1. The molecule has 0 amide bonds. The number of rotatable bonds is 3. The minimum absolute atomic E-state index is 0.0613. The highest BCUT2D eigenvalue weighted by Gasteiger charge is 2.16. The van der Waals surface area contributed by atoms with Crippen molar-refractivity contribution in [2.75, 3.05) is 0 Å². The highest BCUT2D eigenvalue weighted by molar-refractivity contribution is 5.68. The molecular weight excluding hydrogens is 130 g/mol. The lowest BCUT2D eigenvalue weighted by Gasteiger charge is -2.19. The number of nitrogens with two attached hydrogens (primary N) is 1. The van der Waals surface area contributed by atoms with Gasteiger partial charge in [-0.3, -0.25) is 4.79 Å². The SMILES string of the molecule is NC(CC(=O)O)C1=CCC1. The minimum atomic E-state index is -0.819. The van der Waals surface area contributed by atoms with E-state index < -0.39 is 5.97 Å². The average Bonchev–Trinajstić information content (AvgIpc) is 1.55. The lowest BCUT2D eigenvalue weighted by molar-refractivity contribution is -0.137. The van der Waals surface area contributed by atoms with Gasteiger partial charge >= 0.3 is 5.97 Å². The average molecular weight is 141 g/mol. The quantitative estimate of drug-likeness (QED) is 0.563. The second kappa shape index (κ2) is 2.84. The van der Waals surface area contributed by atoms with Gasteiger partial charge in [-0.2, -0.15) is 0 Å². The first kappa shape index (κ1) is 7.28. The third kappa shape index (κ3) is 1.57. The summed E-state index contributed by atoms with van der Waals surface area (Å²) >= 11 is 0. The van der Waals surface area contributed by atoms with Crippen LogP contribution in [0.4, 0.5) is 0 Å². The predicted molar refractivity (Wildman–Crippen MR) is 37.5 cm³/mol. The van der Waals surface area contributed by atoms with Crippen molar-refractivity contribution in [3.8, 4) is 0 Å². The topological polar surface area (TPSA) is 63.3 Å². The maximum absolute atomic E-state index is 10.1. The van der Waals surface area contributed by atoms with Crippen molar-refractivity contribution in [1.82, 2.24) is 0 Å². The fourth-order valence-corrected chi connectivity index (χ4v) is 0.967. The van der Waals surface area contributed by atoms with Gasteiger partial charge in [-0.1, -0.05) is 11.6 Å². The Bertz CT molecular complexity index is 174. The molecule has 0 aromatic carbocycles. The fourth-order valence-electron chi connectivity index (χ4n) is 0.967. The zero-order valence-electron chi connectivity index (χ0n) is 5.71. The van der Waals surface area contributed by atoms with E-state index in [9.17, 15) is 4.79 Å². The molecule has 10 heavy (non-hydrogen) atoms. The van der Waals surface area contributed by atoms with Crippen LogP contribution in [0.3, 0.4) is 0 Å². The molecule has 0 spiro atoms. The van der Waals surface area contributed by atoms with Crippen molar-refractivity contribution < 1.29 is 9.90 Å². The van der Waals surface area contributed by atoms with E-state index in [0.29, 0.717) is 0 Å². The van der Waals surface area contributed by atoms with Gasteiger partial charge in [0.1, 0.15) is 0 Å². The van der Waals surface area contributed by atoms with Crippen LogP contribution in [0.2, 0.25) is 0 Å². The molecule has 56 valence electrons. The van der Waals surface area contributed by atoms with E-state index in [4.69, 9.17) is 10.8 Å². The Hall–Kier alpha value is -0.830. The Balaban J connectivity index is 2.34. The molecule has 0 heterocycles. The number of hydrogen-bond donors (Lipinski definition) is 2. The Morgan fingerprint density at radius 2 is 2.50 bits per heavy atom. The summed E-state index contributed by atoms with van der Waals surface area (Å²) in [6, 6.07) is -0.244. The normalized spacial score (nSPS) is 19.1. The molecular formula is C7H11NO2. The Morgan fingerprint density at radius 1 is 1.90 bits per heavy atom. The van der Waals surface area contributed by atoms with E-state index in [0.717, 1.165) is 18.4 Å². The van der Waals surface area contributed by atoms with E-state index in [1.807, 2.05) is 6.08 Å². The van der Waals surface area contributed by atoms with Crippen LogP contribution in [0.1, 0.15) is 19.3 Å². The highest BCUT2D eigenvalue weighted by Crippen LogP contribution is 2.21. The summed E-state index contributed by atoms with van der Waals surface area (Å²) in [5, 5.41) is 8.35. The second-order valence-corrected chi connectivity index (χ2v) is 2.52. The van der Waals surface area contributed by atoms with Gasteiger partial charge in [0.25, 0.3) is 0 Å². The summed E-state index contributed by atoms with van der Waals surface area (Å²) in [7, 11) is 0. The number of hydrogen-bond acceptors (Lipinski definition) is 2. The first-order valence-electron chi connectivity index (χ1n) is 3.36. The molecule has 3 N–H and O–H groups in total. The molecule has 3 heteroatoms. The standard InChI is InChI=1S/C7H11NO2/c8-6(4-7(9)10)5-2-1-3-5/h2,6H,1,3-4,8H2,(H,9,10). The highest BCUT2D eigenvalue weighted by atomic mass is 16.4. The number of carbonyl (C=O) groups is 1. The molecule has 1 aliphatic carbocycles. The molecule has 0 radical (unpaired) electrons. The molecule has 0 bridgehead atoms. The van der Waals surface area contributed by atoms with E-state index in [1.54, 1.807) is 0 Å². The van der Waals surface area contributed by atoms with Crippen LogP contribution in [-0.4, -0.2) is 17.1 Å². The first-order valence-corrected chi connectivity index (χ1v) is 3.36. The summed E-state index contributed by atoms with van der Waals surface area (Å²) in [5.41, 5.74) is 6.63. The minimum Gasteiger partial charge on any atom is -0.481 e. The van der Waals surface area contributed by atoms with Crippen molar-refractivity contribution >= 4 is 5.97 Å².